The summed E-state index contributed by atoms with van der Waals surface area (Å²) in [4.78, 5) is 13.6. The second-order valence-corrected chi connectivity index (χ2v) is 5.34. The molecule has 0 atom stereocenters. The number of hydrogen-bond acceptors (Lipinski definition) is 5. The Kier molecular flexibility index (Phi) is 4.16. The number of amidine groups is 1. The average molecular weight is 299 g/mol. The van der Waals surface area contributed by atoms with Crippen molar-refractivity contribution in [2.45, 2.75) is 6.54 Å². The number of nitrogens with zero attached hydrogens (tertiary/aromatic N) is 3. The van der Waals surface area contributed by atoms with Crippen LogP contribution in [0.5, 0.6) is 0 Å². The maximum atomic E-state index is 11.9. The van der Waals surface area contributed by atoms with Gasteiger partial charge in [-0.2, -0.15) is 5.10 Å². The Bertz CT molecular complexity index is 665. The topological polar surface area (TPSA) is 58.2 Å². The smallest absolute Gasteiger partial charge is 0.239 e. The van der Waals surface area contributed by atoms with E-state index < -0.39 is 0 Å². The molecule has 3 rings (SSSR count). The highest BCUT2D eigenvalue weighted by molar-refractivity contribution is 8.15. The predicted molar refractivity (Wildman–Crippen MR) is 83.2 cm³/mol. The lowest BCUT2D eigenvalue weighted by atomic mass is 10.2. The van der Waals surface area contributed by atoms with Crippen LogP contribution in [-0.2, 0) is 11.3 Å². The van der Waals surface area contributed by atoms with Crippen molar-refractivity contribution in [2.75, 3.05) is 5.75 Å². The summed E-state index contributed by atoms with van der Waals surface area (Å²) >= 11 is 1.40. The maximum Gasteiger partial charge on any atom is 0.239 e. The fourth-order valence-corrected chi connectivity index (χ4v) is 2.73. The molecule has 1 aromatic heterocycles. The highest BCUT2D eigenvalue weighted by Crippen LogP contribution is 2.21. The van der Waals surface area contributed by atoms with E-state index in [1.54, 1.807) is 23.3 Å². The summed E-state index contributed by atoms with van der Waals surface area (Å²) in [5.74, 6) is 1.08. The van der Waals surface area contributed by atoms with E-state index in [4.69, 9.17) is 4.42 Å². The zero-order valence-electron chi connectivity index (χ0n) is 11.2. The number of amides is 1. The standard InChI is InChI=1S/C15H13N3O2S/c19-14-11-21-15(17-16-9-13-7-4-8-20-13)18(14)10-12-5-2-1-3-6-12/h1-9H,10-11H2/b16-9-,17-15+. The van der Waals surface area contributed by atoms with Gasteiger partial charge in [0.1, 0.15) is 5.76 Å². The molecule has 1 saturated heterocycles. The average Bonchev–Trinajstić information content (AvgIpc) is 3.13. The van der Waals surface area contributed by atoms with Crippen LogP contribution in [0.25, 0.3) is 0 Å². The van der Waals surface area contributed by atoms with Crippen LogP contribution in [0.2, 0.25) is 0 Å². The van der Waals surface area contributed by atoms with Gasteiger partial charge in [-0.05, 0) is 17.7 Å². The molecule has 0 radical (unpaired) electrons. The number of hydrogen-bond donors (Lipinski definition) is 0. The highest BCUT2D eigenvalue weighted by atomic mass is 32.2. The third kappa shape index (κ3) is 3.41. The van der Waals surface area contributed by atoms with Crippen molar-refractivity contribution >= 4 is 29.1 Å². The van der Waals surface area contributed by atoms with Crippen LogP contribution in [0, 0.1) is 0 Å². The molecule has 0 bridgehead atoms. The minimum Gasteiger partial charge on any atom is -0.463 e. The quantitative estimate of drug-likeness (QED) is 0.644. The van der Waals surface area contributed by atoms with E-state index in [2.05, 4.69) is 10.2 Å². The Morgan fingerprint density at radius 1 is 1.24 bits per heavy atom. The van der Waals surface area contributed by atoms with Crippen molar-refractivity contribution in [3.63, 3.8) is 0 Å². The molecule has 0 unspecified atom stereocenters. The molecule has 1 amide bonds. The molecule has 6 heteroatoms. The number of benzene rings is 1. The summed E-state index contributed by atoms with van der Waals surface area (Å²) in [7, 11) is 0. The van der Waals surface area contributed by atoms with E-state index in [0.29, 0.717) is 23.2 Å². The Hall–Kier alpha value is -2.34. The lowest BCUT2D eigenvalue weighted by Crippen LogP contribution is -2.28. The van der Waals surface area contributed by atoms with Gasteiger partial charge in [0.25, 0.3) is 0 Å². The minimum atomic E-state index is 0.0517. The van der Waals surface area contributed by atoms with Crippen LogP contribution >= 0.6 is 11.8 Å². The summed E-state index contributed by atoms with van der Waals surface area (Å²) in [6.45, 7) is 0.516. The van der Waals surface area contributed by atoms with Gasteiger partial charge in [-0.3, -0.25) is 9.69 Å². The molecule has 2 heterocycles. The lowest BCUT2D eigenvalue weighted by molar-refractivity contribution is -0.124. The van der Waals surface area contributed by atoms with Gasteiger partial charge in [0.15, 0.2) is 5.17 Å². The van der Waals surface area contributed by atoms with E-state index in [1.807, 2.05) is 30.3 Å². The summed E-state index contributed by atoms with van der Waals surface area (Å²) < 4.78 is 5.14. The molecule has 1 aliphatic heterocycles. The van der Waals surface area contributed by atoms with Crippen molar-refractivity contribution < 1.29 is 9.21 Å². The third-order valence-corrected chi connectivity index (χ3v) is 3.86. The monoisotopic (exact) mass is 299 g/mol. The zero-order valence-corrected chi connectivity index (χ0v) is 12.0. The van der Waals surface area contributed by atoms with E-state index in [9.17, 15) is 4.79 Å². The van der Waals surface area contributed by atoms with Crippen molar-refractivity contribution in [1.82, 2.24) is 4.90 Å². The second kappa shape index (κ2) is 6.41. The van der Waals surface area contributed by atoms with Crippen molar-refractivity contribution in [3.8, 4) is 0 Å². The van der Waals surface area contributed by atoms with Crippen LogP contribution < -0.4 is 0 Å². The molecule has 0 N–H and O–H groups in total. The first-order chi connectivity index (χ1) is 10.3. The van der Waals surface area contributed by atoms with Crippen molar-refractivity contribution in [1.29, 1.82) is 0 Å². The summed E-state index contributed by atoms with van der Waals surface area (Å²) in [5, 5.41) is 8.71. The molecule has 106 valence electrons. The Morgan fingerprint density at radius 3 is 2.86 bits per heavy atom. The largest absolute Gasteiger partial charge is 0.463 e. The van der Waals surface area contributed by atoms with Crippen LogP contribution in [0.1, 0.15) is 11.3 Å². The number of rotatable bonds is 4. The number of carbonyl (C=O) groups is 1. The van der Waals surface area contributed by atoms with Crippen molar-refractivity contribution in [3.05, 3.63) is 60.1 Å². The summed E-state index contributed by atoms with van der Waals surface area (Å²) in [5.41, 5.74) is 1.07. The molecule has 0 spiro atoms. The molecule has 5 nitrogen and oxygen atoms in total. The zero-order chi connectivity index (χ0) is 14.5. The van der Waals surface area contributed by atoms with Gasteiger partial charge in [-0.15, -0.1) is 5.10 Å². The third-order valence-electron chi connectivity index (χ3n) is 2.91. The van der Waals surface area contributed by atoms with Crippen molar-refractivity contribution in [2.24, 2.45) is 10.2 Å². The maximum absolute atomic E-state index is 11.9. The van der Waals surface area contributed by atoms with E-state index in [-0.39, 0.29) is 5.91 Å². The predicted octanol–water partition coefficient (Wildman–Crippen LogP) is 2.75. The number of furan rings is 1. The molecule has 2 aromatic rings. The molecule has 1 aromatic carbocycles. The Balaban J connectivity index is 1.73. The van der Waals surface area contributed by atoms with E-state index in [0.717, 1.165) is 5.56 Å². The highest BCUT2D eigenvalue weighted by Gasteiger charge is 2.28. The van der Waals surface area contributed by atoms with Crippen LogP contribution in [0.3, 0.4) is 0 Å². The normalized spacial score (nSPS) is 17.2. The molecule has 21 heavy (non-hydrogen) atoms. The van der Waals surface area contributed by atoms with Gasteiger partial charge in [0, 0.05) is 0 Å². The Morgan fingerprint density at radius 2 is 2.10 bits per heavy atom. The first kappa shape index (κ1) is 13.6. The Labute approximate surface area is 126 Å². The first-order valence-electron chi connectivity index (χ1n) is 6.44. The molecular formula is C15H13N3O2S. The first-order valence-corrected chi connectivity index (χ1v) is 7.43. The summed E-state index contributed by atoms with van der Waals surface area (Å²) in [6.07, 6.45) is 3.10. The van der Waals surface area contributed by atoms with E-state index in [1.165, 1.54) is 18.0 Å². The number of carbonyl (C=O) groups excluding carboxylic acids is 1. The fourth-order valence-electron chi connectivity index (χ4n) is 1.89. The number of thioether (sulfide) groups is 1. The van der Waals surface area contributed by atoms with Gasteiger partial charge >= 0.3 is 0 Å². The molecule has 0 saturated carbocycles. The van der Waals surface area contributed by atoms with Gasteiger partial charge in [0.05, 0.1) is 24.8 Å². The van der Waals surface area contributed by atoms with E-state index >= 15 is 0 Å². The molecular weight excluding hydrogens is 286 g/mol. The second-order valence-electron chi connectivity index (χ2n) is 4.40. The van der Waals surface area contributed by atoms with Gasteiger partial charge in [-0.25, -0.2) is 0 Å². The SMILES string of the molecule is O=C1CS/C(=N/N=C\c2ccco2)N1Cc1ccccc1. The minimum absolute atomic E-state index is 0.0517. The summed E-state index contributed by atoms with van der Waals surface area (Å²) in [6, 6.07) is 13.4. The van der Waals surface area contributed by atoms with Crippen LogP contribution in [0.15, 0.2) is 63.3 Å². The van der Waals surface area contributed by atoms with Gasteiger partial charge in [-0.1, -0.05) is 42.1 Å². The molecule has 1 aliphatic rings. The van der Waals surface area contributed by atoms with Crippen LogP contribution in [0.4, 0.5) is 0 Å². The fraction of sp³-hybridized carbons (Fsp3) is 0.133. The van der Waals surface area contributed by atoms with Gasteiger partial charge < -0.3 is 4.42 Å². The van der Waals surface area contributed by atoms with Gasteiger partial charge in [0.2, 0.25) is 5.91 Å². The van der Waals surface area contributed by atoms with Crippen LogP contribution in [-0.4, -0.2) is 27.9 Å². The molecule has 1 fully saturated rings. The lowest BCUT2D eigenvalue weighted by Gasteiger charge is -2.14. The molecule has 0 aliphatic carbocycles.